The van der Waals surface area contributed by atoms with Gasteiger partial charge in [-0.3, -0.25) is 4.79 Å². The van der Waals surface area contributed by atoms with Crippen LogP contribution in [0.1, 0.15) is 26.3 Å². The third-order valence-electron chi connectivity index (χ3n) is 4.46. The molecule has 0 unspecified atom stereocenters. The second kappa shape index (κ2) is 7.97. The maximum absolute atomic E-state index is 12.3. The largest absolute Gasteiger partial charge is 0.478 e. The maximum atomic E-state index is 12.3. The minimum absolute atomic E-state index is 0.0962. The number of carboxylic acid groups (broad SMARTS) is 1. The molecule has 0 saturated carbocycles. The summed E-state index contributed by atoms with van der Waals surface area (Å²) in [5.41, 5.74) is 1.38. The molecule has 7 heteroatoms. The van der Waals surface area contributed by atoms with Gasteiger partial charge in [0.15, 0.2) is 0 Å². The summed E-state index contributed by atoms with van der Waals surface area (Å²) < 4.78 is 0. The number of aromatic carboxylic acids is 1. The van der Waals surface area contributed by atoms with Crippen molar-refractivity contribution in [3.8, 4) is 0 Å². The van der Waals surface area contributed by atoms with Crippen LogP contribution in [0, 0.1) is 0 Å². The van der Waals surface area contributed by atoms with E-state index >= 15 is 0 Å². The van der Waals surface area contributed by atoms with Crippen LogP contribution in [0.15, 0.2) is 42.6 Å². The zero-order valence-electron chi connectivity index (χ0n) is 14.7. The molecular weight excluding hydrogens is 332 g/mol. The van der Waals surface area contributed by atoms with Crippen molar-refractivity contribution in [3.63, 3.8) is 0 Å². The molecule has 1 amide bonds. The molecule has 1 aromatic carbocycles. The molecule has 1 aromatic heterocycles. The van der Waals surface area contributed by atoms with E-state index in [2.05, 4.69) is 27.1 Å². The van der Waals surface area contributed by atoms with Crippen LogP contribution in [-0.2, 0) is 6.54 Å². The zero-order valence-corrected chi connectivity index (χ0v) is 14.7. The number of carbonyl (C=O) groups is 2. The topological polar surface area (TPSA) is 85.8 Å². The summed E-state index contributed by atoms with van der Waals surface area (Å²) >= 11 is 0. The number of amides is 1. The highest BCUT2D eigenvalue weighted by Crippen LogP contribution is 2.15. The number of likely N-dealkylation sites (N-methyl/N-ethyl adjacent to an activating group) is 1. The van der Waals surface area contributed by atoms with E-state index in [-0.39, 0.29) is 11.5 Å². The highest BCUT2D eigenvalue weighted by Gasteiger charge is 2.15. The minimum Gasteiger partial charge on any atom is -0.478 e. The molecule has 26 heavy (non-hydrogen) atoms. The number of carboxylic acids is 1. The van der Waals surface area contributed by atoms with Gasteiger partial charge < -0.3 is 20.2 Å². The van der Waals surface area contributed by atoms with Gasteiger partial charge in [0.05, 0.1) is 5.56 Å². The van der Waals surface area contributed by atoms with Crippen molar-refractivity contribution in [2.45, 2.75) is 6.54 Å². The van der Waals surface area contributed by atoms with Crippen molar-refractivity contribution in [1.82, 2.24) is 15.2 Å². The lowest BCUT2D eigenvalue weighted by atomic mass is 10.1. The van der Waals surface area contributed by atoms with E-state index in [4.69, 9.17) is 5.11 Å². The van der Waals surface area contributed by atoms with Crippen molar-refractivity contribution in [1.29, 1.82) is 0 Å². The Hall–Kier alpha value is -2.93. The van der Waals surface area contributed by atoms with Gasteiger partial charge in [0.2, 0.25) is 0 Å². The number of benzene rings is 1. The van der Waals surface area contributed by atoms with Crippen molar-refractivity contribution < 1.29 is 14.7 Å². The van der Waals surface area contributed by atoms with E-state index in [1.54, 1.807) is 18.3 Å². The number of piperazine rings is 1. The molecule has 1 saturated heterocycles. The number of pyridine rings is 1. The van der Waals surface area contributed by atoms with Crippen LogP contribution in [0.3, 0.4) is 0 Å². The van der Waals surface area contributed by atoms with E-state index in [9.17, 15) is 9.59 Å². The molecule has 0 radical (unpaired) electrons. The molecule has 2 aromatic rings. The van der Waals surface area contributed by atoms with Gasteiger partial charge in [0, 0.05) is 44.5 Å². The lowest BCUT2D eigenvalue weighted by Crippen LogP contribution is -2.44. The fourth-order valence-corrected chi connectivity index (χ4v) is 2.86. The summed E-state index contributed by atoms with van der Waals surface area (Å²) in [6, 6.07) is 9.86. The Labute approximate surface area is 152 Å². The van der Waals surface area contributed by atoms with E-state index in [0.29, 0.717) is 12.1 Å². The first-order chi connectivity index (χ1) is 12.5. The number of nitrogens with zero attached hydrogens (tertiary/aromatic N) is 3. The smallest absolute Gasteiger partial charge is 0.335 e. The predicted molar refractivity (Wildman–Crippen MR) is 98.5 cm³/mol. The first-order valence-corrected chi connectivity index (χ1v) is 8.53. The molecule has 0 atom stereocenters. The van der Waals surface area contributed by atoms with Gasteiger partial charge in [0.25, 0.3) is 5.91 Å². The number of nitrogens with one attached hydrogen (secondary N) is 1. The highest BCUT2D eigenvalue weighted by molar-refractivity contribution is 5.97. The van der Waals surface area contributed by atoms with Crippen LogP contribution in [0.25, 0.3) is 0 Å². The normalized spacial score (nSPS) is 14.9. The molecule has 136 valence electrons. The number of anilines is 1. The Bertz CT molecular complexity index is 801. The molecule has 0 spiro atoms. The zero-order chi connectivity index (χ0) is 18.5. The average Bonchev–Trinajstić information content (AvgIpc) is 2.67. The van der Waals surface area contributed by atoms with Gasteiger partial charge in [-0.2, -0.15) is 0 Å². The quantitative estimate of drug-likeness (QED) is 0.846. The number of carbonyl (C=O) groups excluding carboxylic acids is 1. The number of aromatic nitrogens is 1. The predicted octanol–water partition coefficient (Wildman–Crippen LogP) is 1.46. The van der Waals surface area contributed by atoms with Crippen LogP contribution >= 0.6 is 0 Å². The number of rotatable bonds is 5. The van der Waals surface area contributed by atoms with Gasteiger partial charge in [-0.15, -0.1) is 0 Å². The molecule has 1 fully saturated rings. The molecule has 0 aliphatic carbocycles. The summed E-state index contributed by atoms with van der Waals surface area (Å²) in [6.07, 6.45) is 1.75. The third-order valence-corrected chi connectivity index (χ3v) is 4.46. The summed E-state index contributed by atoms with van der Waals surface area (Å²) in [4.78, 5) is 32.3. The molecule has 0 bridgehead atoms. The van der Waals surface area contributed by atoms with Gasteiger partial charge in [0.1, 0.15) is 5.82 Å². The van der Waals surface area contributed by atoms with Crippen molar-refractivity contribution in [2.24, 2.45) is 0 Å². The van der Waals surface area contributed by atoms with Gasteiger partial charge >= 0.3 is 5.97 Å². The van der Waals surface area contributed by atoms with E-state index in [1.165, 1.54) is 12.1 Å². The molecule has 2 heterocycles. The Kier molecular flexibility index (Phi) is 5.48. The van der Waals surface area contributed by atoms with Crippen LogP contribution < -0.4 is 10.2 Å². The standard InChI is InChI=1S/C19H22N4O3/c1-22-7-9-23(10-8-22)17-11-14(5-6-20-17)13-21-18(24)15-3-2-4-16(12-15)19(25)26/h2-6,11-12H,7-10,13H2,1H3,(H,21,24)(H,25,26). The Morgan fingerprint density at radius 1 is 1.12 bits per heavy atom. The molecular formula is C19H22N4O3. The SMILES string of the molecule is CN1CCN(c2cc(CNC(=O)c3cccc(C(=O)O)c3)ccn2)CC1. The van der Waals surface area contributed by atoms with Crippen molar-refractivity contribution in [3.05, 3.63) is 59.3 Å². The van der Waals surface area contributed by atoms with Crippen LogP contribution in [0.2, 0.25) is 0 Å². The Morgan fingerprint density at radius 2 is 1.85 bits per heavy atom. The summed E-state index contributed by atoms with van der Waals surface area (Å²) in [5, 5.41) is 11.9. The molecule has 7 nitrogen and oxygen atoms in total. The molecule has 3 rings (SSSR count). The lowest BCUT2D eigenvalue weighted by molar-refractivity contribution is 0.0697. The molecule has 2 N–H and O–H groups in total. The average molecular weight is 354 g/mol. The lowest BCUT2D eigenvalue weighted by Gasteiger charge is -2.33. The van der Waals surface area contributed by atoms with Crippen LogP contribution in [-0.4, -0.2) is 60.1 Å². The summed E-state index contributed by atoms with van der Waals surface area (Å²) in [5.74, 6) is -0.436. The van der Waals surface area contributed by atoms with E-state index < -0.39 is 5.97 Å². The van der Waals surface area contributed by atoms with E-state index in [1.807, 2.05) is 12.1 Å². The van der Waals surface area contributed by atoms with Gasteiger partial charge in [-0.05, 0) is 42.9 Å². The van der Waals surface area contributed by atoms with Crippen LogP contribution in [0.4, 0.5) is 5.82 Å². The maximum Gasteiger partial charge on any atom is 0.335 e. The number of hydrogen-bond acceptors (Lipinski definition) is 5. The summed E-state index contributed by atoms with van der Waals surface area (Å²) in [6.45, 7) is 4.23. The minimum atomic E-state index is -1.05. The second-order valence-corrected chi connectivity index (χ2v) is 6.38. The van der Waals surface area contributed by atoms with Crippen molar-refractivity contribution >= 4 is 17.7 Å². The van der Waals surface area contributed by atoms with E-state index in [0.717, 1.165) is 37.6 Å². The van der Waals surface area contributed by atoms with Gasteiger partial charge in [-0.1, -0.05) is 6.07 Å². The van der Waals surface area contributed by atoms with Crippen LogP contribution in [0.5, 0.6) is 0 Å². The monoisotopic (exact) mass is 354 g/mol. The van der Waals surface area contributed by atoms with Gasteiger partial charge in [-0.25, -0.2) is 9.78 Å². The number of hydrogen-bond donors (Lipinski definition) is 2. The first kappa shape index (κ1) is 17.9. The first-order valence-electron chi connectivity index (χ1n) is 8.53. The molecule has 1 aliphatic heterocycles. The highest BCUT2D eigenvalue weighted by atomic mass is 16.4. The third kappa shape index (κ3) is 4.37. The fraction of sp³-hybridized carbons (Fsp3) is 0.316. The Balaban J connectivity index is 1.63. The second-order valence-electron chi connectivity index (χ2n) is 6.38. The summed E-state index contributed by atoms with van der Waals surface area (Å²) in [7, 11) is 2.11. The fourth-order valence-electron chi connectivity index (χ4n) is 2.86. The Morgan fingerprint density at radius 3 is 2.58 bits per heavy atom. The molecule has 1 aliphatic rings. The van der Waals surface area contributed by atoms with Crippen molar-refractivity contribution in [2.75, 3.05) is 38.1 Å².